The third kappa shape index (κ3) is 29.7. The number of aliphatic hydroxyl groups is 2. The molecule has 0 bridgehead atoms. The molecule has 0 aliphatic carbocycles. The van der Waals surface area contributed by atoms with Crippen LogP contribution in [0, 0.1) is 0 Å². The first-order valence-electron chi connectivity index (χ1n) is 18.5. The summed E-state index contributed by atoms with van der Waals surface area (Å²) < 4.78 is 32.4. The van der Waals surface area contributed by atoms with Crippen LogP contribution in [0.25, 0.3) is 0 Å². The first-order chi connectivity index (χ1) is 21.2. The summed E-state index contributed by atoms with van der Waals surface area (Å²) in [7, 11) is -4.40. The summed E-state index contributed by atoms with van der Waals surface area (Å²) in [6.07, 6.45) is 32.6. The van der Waals surface area contributed by atoms with E-state index in [1.807, 2.05) is 6.08 Å². The zero-order valence-electron chi connectivity index (χ0n) is 28.7. The molecule has 0 spiro atoms. The van der Waals surface area contributed by atoms with Crippen molar-refractivity contribution in [3.8, 4) is 0 Å². The largest absolute Gasteiger partial charge is 0.391 e. The second-order valence-corrected chi connectivity index (χ2v) is 14.5. The van der Waals surface area contributed by atoms with E-state index in [0.717, 1.165) is 32.1 Å². The number of amides is 1. The molecule has 4 N–H and O–H groups in total. The van der Waals surface area contributed by atoms with Gasteiger partial charge in [0.15, 0.2) is 0 Å². The Morgan fingerprint density at radius 2 is 0.977 bits per heavy atom. The molecule has 0 saturated heterocycles. The van der Waals surface area contributed by atoms with E-state index >= 15 is 0 Å². The zero-order valence-corrected chi connectivity index (χ0v) is 29.5. The van der Waals surface area contributed by atoms with Gasteiger partial charge < -0.3 is 15.5 Å². The first-order valence-corrected chi connectivity index (χ1v) is 20.1. The lowest BCUT2D eigenvalue weighted by molar-refractivity contribution is -0.131. The maximum Gasteiger partial charge on any atom is 0.266 e. The van der Waals surface area contributed by atoms with Gasteiger partial charge in [0.25, 0.3) is 10.1 Å². The predicted molar refractivity (Wildman–Crippen MR) is 186 cm³/mol. The van der Waals surface area contributed by atoms with Crippen molar-refractivity contribution in [2.24, 2.45) is 0 Å². The fraction of sp³-hybridized carbons (Fsp3) is 0.917. The molecule has 0 aromatic rings. The molecular formula is C36H71NO6S. The Kier molecular flexibility index (Phi) is 30.0. The van der Waals surface area contributed by atoms with Crippen LogP contribution in [0.1, 0.15) is 187 Å². The van der Waals surface area contributed by atoms with Crippen molar-refractivity contribution in [1.29, 1.82) is 0 Å². The predicted octanol–water partition coefficient (Wildman–Crippen LogP) is 9.21. The summed E-state index contributed by atoms with van der Waals surface area (Å²) in [5, 5.41) is 23.3. The number of hydrogen-bond donors (Lipinski definition) is 4. The molecule has 0 aromatic heterocycles. The standard InChI is InChI=1S/C36H71NO6S/c1-3-5-7-9-11-13-14-15-16-17-18-19-20-21-22-23-25-26-28-30-34(38)33(32-44(41,42)43)37-36(40)35(39)31-29-27-24-12-10-8-6-4-2/h24,27,33-35,38-39H,3-23,25-26,28-32H2,1-2H3,(H,37,40)(H,41,42,43)/b27-24-. The number of aliphatic hydroxyl groups excluding tert-OH is 2. The summed E-state index contributed by atoms with van der Waals surface area (Å²) in [6, 6.07) is -1.16. The van der Waals surface area contributed by atoms with Crippen LogP contribution < -0.4 is 5.32 Å². The van der Waals surface area contributed by atoms with Crippen LogP contribution in [0.3, 0.4) is 0 Å². The number of allylic oxidation sites excluding steroid dienone is 2. The summed E-state index contributed by atoms with van der Waals surface area (Å²) in [5.74, 6) is -1.49. The Hall–Kier alpha value is -0.960. The van der Waals surface area contributed by atoms with Gasteiger partial charge in [-0.1, -0.05) is 167 Å². The van der Waals surface area contributed by atoms with Crippen LogP contribution in [0.2, 0.25) is 0 Å². The third-order valence-corrected chi connectivity index (χ3v) is 9.37. The molecule has 0 fully saturated rings. The SMILES string of the molecule is CCCCCC/C=C\CCC(O)C(=O)NC(CS(=O)(=O)O)C(O)CCCCCCCCCCCCCCCCCCCCC. The molecule has 0 rings (SSSR count). The average Bonchev–Trinajstić information content (AvgIpc) is 2.98. The van der Waals surface area contributed by atoms with E-state index in [4.69, 9.17) is 0 Å². The number of nitrogens with one attached hydrogen (secondary N) is 1. The molecule has 1 amide bonds. The summed E-state index contributed by atoms with van der Waals surface area (Å²) in [4.78, 5) is 12.5. The number of rotatable bonds is 33. The highest BCUT2D eigenvalue weighted by Gasteiger charge is 2.28. The third-order valence-electron chi connectivity index (χ3n) is 8.59. The van der Waals surface area contributed by atoms with Gasteiger partial charge in [0.2, 0.25) is 5.91 Å². The van der Waals surface area contributed by atoms with Crippen molar-refractivity contribution in [3.63, 3.8) is 0 Å². The highest BCUT2D eigenvalue weighted by molar-refractivity contribution is 7.85. The van der Waals surface area contributed by atoms with Gasteiger partial charge >= 0.3 is 0 Å². The van der Waals surface area contributed by atoms with Gasteiger partial charge in [-0.05, 0) is 32.1 Å². The Labute approximate surface area is 272 Å². The van der Waals surface area contributed by atoms with E-state index in [0.29, 0.717) is 19.3 Å². The minimum Gasteiger partial charge on any atom is -0.391 e. The van der Waals surface area contributed by atoms with Crippen molar-refractivity contribution < 1.29 is 28.0 Å². The van der Waals surface area contributed by atoms with Gasteiger partial charge in [-0.25, -0.2) is 0 Å². The second-order valence-electron chi connectivity index (χ2n) is 13.0. The lowest BCUT2D eigenvalue weighted by atomic mass is 10.0. The van der Waals surface area contributed by atoms with Crippen LogP contribution in [-0.4, -0.2) is 53.1 Å². The molecule has 3 unspecified atom stereocenters. The van der Waals surface area contributed by atoms with E-state index in [1.54, 1.807) is 0 Å². The molecule has 7 nitrogen and oxygen atoms in total. The van der Waals surface area contributed by atoms with Crippen molar-refractivity contribution in [1.82, 2.24) is 5.32 Å². The Balaban J connectivity index is 3.96. The molecule has 0 aliphatic rings. The Morgan fingerprint density at radius 3 is 1.41 bits per heavy atom. The van der Waals surface area contributed by atoms with E-state index in [9.17, 15) is 28.0 Å². The molecular weight excluding hydrogens is 574 g/mol. The summed E-state index contributed by atoms with van der Waals surface area (Å²) >= 11 is 0. The monoisotopic (exact) mass is 646 g/mol. The van der Waals surface area contributed by atoms with Gasteiger partial charge in [-0.15, -0.1) is 0 Å². The van der Waals surface area contributed by atoms with Crippen LogP contribution in [-0.2, 0) is 14.9 Å². The number of hydrogen-bond acceptors (Lipinski definition) is 5. The van der Waals surface area contributed by atoms with Gasteiger partial charge in [0.1, 0.15) is 6.10 Å². The highest BCUT2D eigenvalue weighted by Crippen LogP contribution is 2.16. The van der Waals surface area contributed by atoms with E-state index in [1.165, 1.54) is 116 Å². The number of unbranched alkanes of at least 4 members (excludes halogenated alkanes) is 22. The zero-order chi connectivity index (χ0) is 32.7. The molecule has 262 valence electrons. The van der Waals surface area contributed by atoms with E-state index in [-0.39, 0.29) is 6.42 Å². The summed E-state index contributed by atoms with van der Waals surface area (Å²) in [5.41, 5.74) is 0. The molecule has 0 heterocycles. The van der Waals surface area contributed by atoms with Crippen molar-refractivity contribution in [2.75, 3.05) is 5.75 Å². The minimum absolute atomic E-state index is 0.214. The van der Waals surface area contributed by atoms with Crippen LogP contribution in [0.5, 0.6) is 0 Å². The average molecular weight is 646 g/mol. The Bertz CT molecular complexity index is 773. The topological polar surface area (TPSA) is 124 Å². The van der Waals surface area contributed by atoms with Crippen molar-refractivity contribution >= 4 is 16.0 Å². The fourth-order valence-corrected chi connectivity index (χ4v) is 6.46. The van der Waals surface area contributed by atoms with Gasteiger partial charge in [0, 0.05) is 0 Å². The normalized spacial score (nSPS) is 14.2. The molecule has 0 saturated carbocycles. The molecule has 44 heavy (non-hydrogen) atoms. The fourth-order valence-electron chi connectivity index (χ4n) is 5.70. The van der Waals surface area contributed by atoms with Crippen molar-refractivity contribution in [2.45, 2.75) is 205 Å². The molecule has 0 aliphatic heterocycles. The maximum absolute atomic E-state index is 12.5. The molecule has 8 heteroatoms. The second kappa shape index (κ2) is 30.7. The lowest BCUT2D eigenvalue weighted by Gasteiger charge is -2.24. The minimum atomic E-state index is -4.40. The van der Waals surface area contributed by atoms with Crippen LogP contribution in [0.15, 0.2) is 12.2 Å². The lowest BCUT2D eigenvalue weighted by Crippen LogP contribution is -2.50. The van der Waals surface area contributed by atoms with E-state index in [2.05, 4.69) is 25.2 Å². The van der Waals surface area contributed by atoms with Crippen molar-refractivity contribution in [3.05, 3.63) is 12.2 Å². The highest BCUT2D eigenvalue weighted by atomic mass is 32.2. The van der Waals surface area contributed by atoms with Gasteiger partial charge in [0.05, 0.1) is 17.9 Å². The summed E-state index contributed by atoms with van der Waals surface area (Å²) in [6.45, 7) is 4.44. The number of carbonyl (C=O) groups excluding carboxylic acids is 1. The van der Waals surface area contributed by atoms with Gasteiger partial charge in [-0.2, -0.15) is 8.42 Å². The molecule has 0 aromatic carbocycles. The Morgan fingerprint density at radius 1 is 0.591 bits per heavy atom. The number of carbonyl (C=O) groups is 1. The first kappa shape index (κ1) is 43.0. The van der Waals surface area contributed by atoms with E-state index < -0.39 is 40.0 Å². The quantitative estimate of drug-likeness (QED) is 0.0320. The van der Waals surface area contributed by atoms with Gasteiger partial charge in [-0.3, -0.25) is 9.35 Å². The smallest absolute Gasteiger partial charge is 0.266 e. The van der Waals surface area contributed by atoms with Crippen LogP contribution >= 0.6 is 0 Å². The molecule has 0 radical (unpaired) electrons. The molecule has 3 atom stereocenters. The van der Waals surface area contributed by atoms with Crippen LogP contribution in [0.4, 0.5) is 0 Å². The maximum atomic E-state index is 12.5.